The van der Waals surface area contributed by atoms with E-state index in [0.717, 1.165) is 50.5 Å². The molecule has 1 aromatic carbocycles. The molecule has 1 amide bonds. The second kappa shape index (κ2) is 8.71. The van der Waals surface area contributed by atoms with E-state index in [0.29, 0.717) is 25.2 Å². The lowest BCUT2D eigenvalue weighted by atomic mass is 9.90. The van der Waals surface area contributed by atoms with Crippen LogP contribution in [0.5, 0.6) is 0 Å². The summed E-state index contributed by atoms with van der Waals surface area (Å²) in [6.45, 7) is 5.05. The van der Waals surface area contributed by atoms with Crippen LogP contribution in [0.25, 0.3) is 0 Å². The van der Waals surface area contributed by atoms with Crippen LogP contribution in [0.3, 0.4) is 0 Å². The zero-order chi connectivity index (χ0) is 19.3. The minimum atomic E-state index is -0.139. The van der Waals surface area contributed by atoms with Gasteiger partial charge in [0.15, 0.2) is 5.78 Å². The van der Waals surface area contributed by atoms with Crippen molar-refractivity contribution in [2.75, 3.05) is 39.4 Å². The average molecular weight is 382 g/mol. The fourth-order valence-electron chi connectivity index (χ4n) is 3.95. The normalized spacial score (nSPS) is 20.9. The summed E-state index contributed by atoms with van der Waals surface area (Å²) in [5.74, 6) is 0.722. The summed E-state index contributed by atoms with van der Waals surface area (Å²) >= 11 is 0. The number of rotatable bonds is 5. The Morgan fingerprint density at radius 3 is 2.61 bits per heavy atom. The SMILES string of the molecule is O=C(c1ccccc1)[C@@H]1CCCN(C(=O)c2coc(CN3CCOCC3)c2)C1. The highest BCUT2D eigenvalue weighted by atomic mass is 16.5. The fourth-order valence-corrected chi connectivity index (χ4v) is 3.95. The number of hydrogen-bond donors (Lipinski definition) is 0. The van der Waals surface area contributed by atoms with E-state index in [-0.39, 0.29) is 17.6 Å². The third-order valence-electron chi connectivity index (χ3n) is 5.52. The molecule has 2 aliphatic heterocycles. The van der Waals surface area contributed by atoms with E-state index in [9.17, 15) is 9.59 Å². The molecule has 1 aromatic heterocycles. The maximum Gasteiger partial charge on any atom is 0.257 e. The number of carbonyl (C=O) groups excluding carboxylic acids is 2. The summed E-state index contributed by atoms with van der Waals surface area (Å²) in [6, 6.07) is 11.2. The van der Waals surface area contributed by atoms with Crippen molar-refractivity contribution < 1.29 is 18.7 Å². The molecule has 2 saturated heterocycles. The van der Waals surface area contributed by atoms with Gasteiger partial charge in [-0.15, -0.1) is 0 Å². The molecule has 2 aromatic rings. The molecule has 0 spiro atoms. The van der Waals surface area contributed by atoms with E-state index in [1.54, 1.807) is 11.2 Å². The van der Waals surface area contributed by atoms with Gasteiger partial charge in [-0.3, -0.25) is 14.5 Å². The Labute approximate surface area is 165 Å². The molecule has 2 fully saturated rings. The van der Waals surface area contributed by atoms with Crippen LogP contribution in [0.2, 0.25) is 0 Å². The molecule has 0 bridgehead atoms. The third-order valence-corrected chi connectivity index (χ3v) is 5.52. The zero-order valence-electron chi connectivity index (χ0n) is 16.0. The van der Waals surface area contributed by atoms with Crippen LogP contribution >= 0.6 is 0 Å². The largest absolute Gasteiger partial charge is 0.467 e. The highest BCUT2D eigenvalue weighted by Gasteiger charge is 2.30. The maximum absolute atomic E-state index is 12.9. The molecule has 0 N–H and O–H groups in total. The second-order valence-electron chi connectivity index (χ2n) is 7.51. The predicted molar refractivity (Wildman–Crippen MR) is 104 cm³/mol. The first kappa shape index (κ1) is 18.9. The lowest BCUT2D eigenvalue weighted by Crippen LogP contribution is -2.42. The Hall–Kier alpha value is -2.44. The van der Waals surface area contributed by atoms with Crippen molar-refractivity contribution in [3.8, 4) is 0 Å². The van der Waals surface area contributed by atoms with Crippen molar-refractivity contribution in [2.24, 2.45) is 5.92 Å². The smallest absolute Gasteiger partial charge is 0.257 e. The van der Waals surface area contributed by atoms with Crippen LogP contribution in [-0.4, -0.2) is 60.9 Å². The van der Waals surface area contributed by atoms with Gasteiger partial charge in [0.2, 0.25) is 0 Å². The number of piperidine rings is 1. The van der Waals surface area contributed by atoms with Crippen molar-refractivity contribution in [3.63, 3.8) is 0 Å². The molecule has 28 heavy (non-hydrogen) atoms. The standard InChI is InChI=1S/C22H26N2O4/c25-21(17-5-2-1-3-6-17)18-7-4-8-24(14-18)22(26)19-13-20(28-16-19)15-23-9-11-27-12-10-23/h1-3,5-6,13,16,18H,4,7-12,14-15H2/t18-/m1/s1. The van der Waals surface area contributed by atoms with Gasteiger partial charge in [-0.05, 0) is 18.9 Å². The third kappa shape index (κ3) is 4.34. The number of nitrogens with zero attached hydrogens (tertiary/aromatic N) is 2. The van der Waals surface area contributed by atoms with Crippen LogP contribution in [-0.2, 0) is 11.3 Å². The summed E-state index contributed by atoms with van der Waals surface area (Å²) in [7, 11) is 0. The van der Waals surface area contributed by atoms with Gasteiger partial charge in [-0.25, -0.2) is 0 Å². The van der Waals surface area contributed by atoms with Gasteiger partial charge in [-0.2, -0.15) is 0 Å². The molecule has 0 saturated carbocycles. The molecule has 2 aliphatic rings. The van der Waals surface area contributed by atoms with E-state index in [2.05, 4.69) is 4.90 Å². The number of amides is 1. The van der Waals surface area contributed by atoms with Crippen LogP contribution in [0.4, 0.5) is 0 Å². The highest BCUT2D eigenvalue weighted by molar-refractivity contribution is 5.99. The van der Waals surface area contributed by atoms with E-state index >= 15 is 0 Å². The Kier molecular flexibility index (Phi) is 5.88. The summed E-state index contributed by atoms with van der Waals surface area (Å²) < 4.78 is 11.0. The molecule has 1 atom stereocenters. The fraction of sp³-hybridized carbons (Fsp3) is 0.455. The van der Waals surface area contributed by atoms with Crippen molar-refractivity contribution in [3.05, 3.63) is 59.5 Å². The number of morpholine rings is 1. The lowest BCUT2D eigenvalue weighted by Gasteiger charge is -2.31. The number of Topliss-reactive ketones (excluding diaryl/α,β-unsaturated/α-hetero) is 1. The summed E-state index contributed by atoms with van der Waals surface area (Å²) in [6.07, 6.45) is 3.21. The van der Waals surface area contributed by atoms with Crippen LogP contribution in [0.15, 0.2) is 47.1 Å². The van der Waals surface area contributed by atoms with E-state index in [1.807, 2.05) is 36.4 Å². The Morgan fingerprint density at radius 2 is 1.82 bits per heavy atom. The van der Waals surface area contributed by atoms with Crippen LogP contribution in [0.1, 0.15) is 39.3 Å². The van der Waals surface area contributed by atoms with Gasteiger partial charge < -0.3 is 14.1 Å². The first-order valence-corrected chi connectivity index (χ1v) is 9.97. The van der Waals surface area contributed by atoms with Crippen molar-refractivity contribution >= 4 is 11.7 Å². The number of benzene rings is 1. The Balaban J connectivity index is 1.38. The number of ketones is 1. The quantitative estimate of drug-likeness (QED) is 0.744. The first-order chi connectivity index (χ1) is 13.7. The predicted octanol–water partition coefficient (Wildman–Crippen LogP) is 2.85. The van der Waals surface area contributed by atoms with E-state index < -0.39 is 0 Å². The number of hydrogen-bond acceptors (Lipinski definition) is 5. The zero-order valence-corrected chi connectivity index (χ0v) is 16.0. The first-order valence-electron chi connectivity index (χ1n) is 9.97. The van der Waals surface area contributed by atoms with Gasteiger partial charge in [0.25, 0.3) is 5.91 Å². The van der Waals surface area contributed by atoms with E-state index in [1.165, 1.54) is 0 Å². The van der Waals surface area contributed by atoms with Gasteiger partial charge in [0, 0.05) is 37.7 Å². The Bertz CT molecular complexity index is 811. The summed E-state index contributed by atoms with van der Waals surface area (Å²) in [5.41, 5.74) is 1.29. The summed E-state index contributed by atoms with van der Waals surface area (Å²) in [4.78, 5) is 29.7. The van der Waals surface area contributed by atoms with Crippen molar-refractivity contribution in [1.82, 2.24) is 9.80 Å². The molecule has 148 valence electrons. The second-order valence-corrected chi connectivity index (χ2v) is 7.51. The molecule has 6 nitrogen and oxygen atoms in total. The number of carbonyl (C=O) groups is 2. The molecular weight excluding hydrogens is 356 g/mol. The summed E-state index contributed by atoms with van der Waals surface area (Å²) in [5, 5.41) is 0. The topological polar surface area (TPSA) is 63.0 Å². The number of ether oxygens (including phenoxy) is 1. The van der Waals surface area contributed by atoms with Gasteiger partial charge >= 0.3 is 0 Å². The van der Waals surface area contributed by atoms with Gasteiger partial charge in [-0.1, -0.05) is 30.3 Å². The molecule has 6 heteroatoms. The minimum Gasteiger partial charge on any atom is -0.467 e. The molecule has 3 heterocycles. The Morgan fingerprint density at radius 1 is 1.04 bits per heavy atom. The van der Waals surface area contributed by atoms with E-state index in [4.69, 9.17) is 9.15 Å². The molecular formula is C22H26N2O4. The average Bonchev–Trinajstić information content (AvgIpc) is 3.22. The van der Waals surface area contributed by atoms with Crippen LogP contribution in [0, 0.1) is 5.92 Å². The molecule has 0 radical (unpaired) electrons. The number of likely N-dealkylation sites (tertiary alicyclic amines) is 1. The monoisotopic (exact) mass is 382 g/mol. The molecule has 0 aliphatic carbocycles. The molecule has 0 unspecified atom stereocenters. The molecule has 4 rings (SSSR count). The maximum atomic E-state index is 12.9. The van der Waals surface area contributed by atoms with Gasteiger partial charge in [0.1, 0.15) is 12.0 Å². The minimum absolute atomic E-state index is 0.0532. The van der Waals surface area contributed by atoms with Crippen molar-refractivity contribution in [1.29, 1.82) is 0 Å². The lowest BCUT2D eigenvalue weighted by molar-refractivity contribution is 0.0313. The van der Waals surface area contributed by atoms with Crippen molar-refractivity contribution in [2.45, 2.75) is 19.4 Å². The van der Waals surface area contributed by atoms with Crippen LogP contribution < -0.4 is 0 Å². The highest BCUT2D eigenvalue weighted by Crippen LogP contribution is 2.23. The van der Waals surface area contributed by atoms with Gasteiger partial charge in [0.05, 0.1) is 25.3 Å². The number of furan rings is 1.